The van der Waals surface area contributed by atoms with Crippen LogP contribution in [0, 0.1) is 0 Å². The number of rotatable bonds is 5. The van der Waals surface area contributed by atoms with Crippen LogP contribution in [0.4, 0.5) is 0 Å². The van der Waals surface area contributed by atoms with Crippen molar-refractivity contribution in [2.75, 3.05) is 26.2 Å². The maximum Gasteiger partial charge on any atom is 0.276 e. The van der Waals surface area contributed by atoms with Gasteiger partial charge >= 0.3 is 0 Å². The van der Waals surface area contributed by atoms with E-state index in [0.29, 0.717) is 19.6 Å². The summed E-state index contributed by atoms with van der Waals surface area (Å²) < 4.78 is 29.5. The van der Waals surface area contributed by atoms with Crippen molar-refractivity contribution in [1.82, 2.24) is 24.2 Å². The molecule has 0 atom stereocenters. The number of benzene rings is 2. The van der Waals surface area contributed by atoms with Crippen LogP contribution in [0.5, 0.6) is 0 Å². The monoisotopic (exact) mass is 489 g/mol. The largest absolute Gasteiger partial charge is 0.335 e. The summed E-state index contributed by atoms with van der Waals surface area (Å²) in [5, 5.41) is 8.03. The number of carbonyl (C=O) groups is 1. The van der Waals surface area contributed by atoms with Crippen LogP contribution >= 0.6 is 15.9 Å². The SMILES string of the molecule is O=C(c1cn(Cc2ccccc2)nn1)N1CCN(S(=O)(=O)c2ccc(Br)cc2)CC1. The summed E-state index contributed by atoms with van der Waals surface area (Å²) in [5.74, 6) is -0.241. The molecule has 0 spiro atoms. The van der Waals surface area contributed by atoms with Crippen LogP contribution in [0.1, 0.15) is 16.1 Å². The molecule has 1 saturated heterocycles. The molecule has 1 amide bonds. The van der Waals surface area contributed by atoms with Gasteiger partial charge < -0.3 is 4.90 Å². The zero-order valence-electron chi connectivity index (χ0n) is 16.1. The topological polar surface area (TPSA) is 88.4 Å². The van der Waals surface area contributed by atoms with Gasteiger partial charge in [0.05, 0.1) is 17.6 Å². The Bertz CT molecular complexity index is 1120. The molecule has 3 aromatic rings. The molecular formula is C20H20BrN5O3S. The Morgan fingerprint density at radius 3 is 2.30 bits per heavy atom. The Kier molecular flexibility index (Phi) is 5.98. The number of aromatic nitrogens is 3. The Morgan fingerprint density at radius 1 is 0.967 bits per heavy atom. The summed E-state index contributed by atoms with van der Waals surface area (Å²) in [7, 11) is -3.58. The fourth-order valence-corrected chi connectivity index (χ4v) is 4.98. The minimum absolute atomic E-state index is 0.238. The van der Waals surface area contributed by atoms with Gasteiger partial charge in [-0.05, 0) is 29.8 Å². The van der Waals surface area contributed by atoms with E-state index >= 15 is 0 Å². The van der Waals surface area contributed by atoms with Crippen LogP contribution in [0.2, 0.25) is 0 Å². The highest BCUT2D eigenvalue weighted by Gasteiger charge is 2.31. The number of nitrogens with zero attached hydrogens (tertiary/aromatic N) is 5. The molecule has 30 heavy (non-hydrogen) atoms. The van der Waals surface area contributed by atoms with E-state index in [-0.39, 0.29) is 29.6 Å². The minimum atomic E-state index is -3.58. The van der Waals surface area contributed by atoms with Gasteiger partial charge in [0.2, 0.25) is 10.0 Å². The normalized spacial score (nSPS) is 15.3. The Hall–Kier alpha value is -2.56. The first kappa shape index (κ1) is 20.7. The summed E-state index contributed by atoms with van der Waals surface area (Å²) >= 11 is 3.31. The third-order valence-corrected chi connectivity index (χ3v) is 7.36. The second-order valence-electron chi connectivity index (χ2n) is 6.94. The first-order chi connectivity index (χ1) is 14.4. The van der Waals surface area contributed by atoms with E-state index in [1.165, 1.54) is 4.31 Å². The second-order valence-corrected chi connectivity index (χ2v) is 9.79. The van der Waals surface area contributed by atoms with Crippen LogP contribution in [0.3, 0.4) is 0 Å². The third kappa shape index (κ3) is 4.45. The first-order valence-electron chi connectivity index (χ1n) is 9.42. The van der Waals surface area contributed by atoms with E-state index in [4.69, 9.17) is 0 Å². The number of hydrogen-bond donors (Lipinski definition) is 0. The molecule has 1 aromatic heterocycles. The van der Waals surface area contributed by atoms with Crippen molar-refractivity contribution in [3.05, 3.63) is 76.5 Å². The van der Waals surface area contributed by atoms with Gasteiger partial charge in [-0.1, -0.05) is 51.5 Å². The van der Waals surface area contributed by atoms with E-state index in [1.807, 2.05) is 30.3 Å². The van der Waals surface area contributed by atoms with E-state index in [9.17, 15) is 13.2 Å². The Morgan fingerprint density at radius 2 is 1.63 bits per heavy atom. The zero-order valence-corrected chi connectivity index (χ0v) is 18.5. The van der Waals surface area contributed by atoms with Crippen molar-refractivity contribution in [3.8, 4) is 0 Å². The van der Waals surface area contributed by atoms with E-state index < -0.39 is 10.0 Å². The predicted octanol–water partition coefficient (Wildman–Crippen LogP) is 2.24. The highest BCUT2D eigenvalue weighted by Crippen LogP contribution is 2.20. The molecule has 2 aromatic carbocycles. The molecule has 0 aliphatic carbocycles. The van der Waals surface area contributed by atoms with Gasteiger partial charge in [-0.15, -0.1) is 5.10 Å². The van der Waals surface area contributed by atoms with Crippen molar-refractivity contribution in [2.45, 2.75) is 11.4 Å². The van der Waals surface area contributed by atoms with Crippen LogP contribution in [0.25, 0.3) is 0 Å². The fraction of sp³-hybridized carbons (Fsp3) is 0.250. The predicted molar refractivity (Wildman–Crippen MR) is 114 cm³/mol. The van der Waals surface area contributed by atoms with Crippen molar-refractivity contribution >= 4 is 31.9 Å². The molecule has 0 unspecified atom stereocenters. The lowest BCUT2D eigenvalue weighted by Crippen LogP contribution is -2.50. The average molecular weight is 490 g/mol. The van der Waals surface area contributed by atoms with Gasteiger partial charge in [-0.2, -0.15) is 4.31 Å². The van der Waals surface area contributed by atoms with Crippen LogP contribution in [0.15, 0.2) is 70.2 Å². The quantitative estimate of drug-likeness (QED) is 0.548. The van der Waals surface area contributed by atoms with Gasteiger partial charge in [0.1, 0.15) is 0 Å². The number of piperazine rings is 1. The van der Waals surface area contributed by atoms with E-state index in [0.717, 1.165) is 10.0 Å². The number of sulfonamides is 1. The highest BCUT2D eigenvalue weighted by atomic mass is 79.9. The molecule has 0 radical (unpaired) electrons. The van der Waals surface area contributed by atoms with Crippen molar-refractivity contribution in [1.29, 1.82) is 0 Å². The maximum atomic E-state index is 12.8. The molecule has 156 valence electrons. The smallest absolute Gasteiger partial charge is 0.276 e. The molecule has 1 aliphatic heterocycles. The molecule has 1 fully saturated rings. The van der Waals surface area contributed by atoms with Crippen molar-refractivity contribution in [2.24, 2.45) is 0 Å². The summed E-state index contributed by atoms with van der Waals surface area (Å²) in [6, 6.07) is 16.3. The molecule has 0 bridgehead atoms. The zero-order chi connectivity index (χ0) is 21.1. The van der Waals surface area contributed by atoms with Gasteiger partial charge in [-0.3, -0.25) is 4.79 Å². The lowest BCUT2D eigenvalue weighted by atomic mass is 10.2. The summed E-state index contributed by atoms with van der Waals surface area (Å²) in [5.41, 5.74) is 1.32. The van der Waals surface area contributed by atoms with Crippen LogP contribution in [-0.4, -0.2) is 64.7 Å². The second kappa shape index (κ2) is 8.66. The van der Waals surface area contributed by atoms with Crippen molar-refractivity contribution < 1.29 is 13.2 Å². The molecule has 0 N–H and O–H groups in total. The van der Waals surface area contributed by atoms with Gasteiger partial charge in [0, 0.05) is 30.7 Å². The molecule has 1 aliphatic rings. The average Bonchev–Trinajstić information content (AvgIpc) is 3.23. The van der Waals surface area contributed by atoms with Crippen LogP contribution < -0.4 is 0 Å². The summed E-state index contributed by atoms with van der Waals surface area (Å²) in [6.07, 6.45) is 1.63. The number of amides is 1. The molecular weight excluding hydrogens is 470 g/mol. The van der Waals surface area contributed by atoms with Gasteiger partial charge in [0.25, 0.3) is 5.91 Å². The number of carbonyl (C=O) groups excluding carboxylic acids is 1. The standard InChI is InChI=1S/C20H20BrN5O3S/c21-17-6-8-18(9-7-17)30(28,29)26-12-10-24(11-13-26)20(27)19-15-25(23-22-19)14-16-4-2-1-3-5-16/h1-9,15H,10-14H2. The molecule has 0 saturated carbocycles. The highest BCUT2D eigenvalue weighted by molar-refractivity contribution is 9.10. The molecule has 10 heteroatoms. The maximum absolute atomic E-state index is 12.8. The van der Waals surface area contributed by atoms with Crippen LogP contribution in [-0.2, 0) is 16.6 Å². The minimum Gasteiger partial charge on any atom is -0.335 e. The Labute approximate surface area is 183 Å². The summed E-state index contributed by atoms with van der Waals surface area (Å²) in [4.78, 5) is 14.6. The number of halogens is 1. The molecule has 4 rings (SSSR count). The summed E-state index contributed by atoms with van der Waals surface area (Å²) in [6.45, 7) is 1.62. The van der Waals surface area contributed by atoms with E-state index in [1.54, 1.807) is 40.0 Å². The van der Waals surface area contributed by atoms with Gasteiger partial charge in [0.15, 0.2) is 5.69 Å². The van der Waals surface area contributed by atoms with E-state index in [2.05, 4.69) is 26.2 Å². The third-order valence-electron chi connectivity index (χ3n) is 4.92. The first-order valence-corrected chi connectivity index (χ1v) is 11.7. The lowest BCUT2D eigenvalue weighted by Gasteiger charge is -2.33. The number of hydrogen-bond acceptors (Lipinski definition) is 5. The van der Waals surface area contributed by atoms with Gasteiger partial charge in [-0.25, -0.2) is 13.1 Å². The van der Waals surface area contributed by atoms with Crippen molar-refractivity contribution in [3.63, 3.8) is 0 Å². The lowest BCUT2D eigenvalue weighted by molar-refractivity contribution is 0.0692. The molecule has 8 nitrogen and oxygen atoms in total. The molecule has 2 heterocycles. The fourth-order valence-electron chi connectivity index (χ4n) is 3.29. The Balaban J connectivity index is 1.38.